The number of aromatic hydroxyl groups is 2. The van der Waals surface area contributed by atoms with Gasteiger partial charge in [0.1, 0.15) is 17.1 Å². The number of allylic oxidation sites excluding steroid dienone is 2. The summed E-state index contributed by atoms with van der Waals surface area (Å²) >= 11 is 0. The summed E-state index contributed by atoms with van der Waals surface area (Å²) in [7, 11) is 0. The number of ketones is 1. The molecule has 5 heteroatoms. The van der Waals surface area contributed by atoms with E-state index in [1.54, 1.807) is 6.92 Å². The molecule has 0 aliphatic carbocycles. The van der Waals surface area contributed by atoms with Crippen LogP contribution in [-0.4, -0.2) is 16.0 Å². The zero-order valence-electron chi connectivity index (χ0n) is 16.7. The van der Waals surface area contributed by atoms with Gasteiger partial charge in [-0.1, -0.05) is 38.8 Å². The van der Waals surface area contributed by atoms with E-state index >= 15 is 0 Å². The molecule has 27 heavy (non-hydrogen) atoms. The maximum absolute atomic E-state index is 13.0. The van der Waals surface area contributed by atoms with Crippen LogP contribution in [0.15, 0.2) is 26.9 Å². The SMILES string of the molecule is CCCc1cc(=O)oc2c(C(=O)[C@@H](C)CC)c(O)c(CC=C(C)C)c(O)c12. The van der Waals surface area contributed by atoms with Crippen molar-refractivity contribution in [1.82, 2.24) is 0 Å². The molecule has 1 atom stereocenters. The van der Waals surface area contributed by atoms with Gasteiger partial charge in [0.15, 0.2) is 11.4 Å². The van der Waals surface area contributed by atoms with Crippen LogP contribution < -0.4 is 5.63 Å². The number of hydrogen-bond donors (Lipinski definition) is 2. The fraction of sp³-hybridized carbons (Fsp3) is 0.455. The van der Waals surface area contributed by atoms with Crippen molar-refractivity contribution >= 4 is 16.8 Å². The number of rotatable bonds is 7. The van der Waals surface area contributed by atoms with Crippen LogP contribution in [0.3, 0.4) is 0 Å². The molecule has 1 heterocycles. The molecular formula is C22H28O5. The quantitative estimate of drug-likeness (QED) is 0.410. The Bertz CT molecular complexity index is 946. The summed E-state index contributed by atoms with van der Waals surface area (Å²) in [5.74, 6) is -1.08. The summed E-state index contributed by atoms with van der Waals surface area (Å²) < 4.78 is 5.33. The van der Waals surface area contributed by atoms with Gasteiger partial charge in [-0.05, 0) is 38.7 Å². The molecule has 1 aromatic carbocycles. The molecule has 146 valence electrons. The monoisotopic (exact) mass is 372 g/mol. The van der Waals surface area contributed by atoms with E-state index in [1.165, 1.54) is 6.07 Å². The molecule has 0 saturated carbocycles. The Balaban J connectivity index is 2.98. The smallest absolute Gasteiger partial charge is 0.336 e. The Hall–Kier alpha value is -2.56. The molecule has 2 aromatic rings. The van der Waals surface area contributed by atoms with Gasteiger partial charge in [0.05, 0.1) is 5.39 Å². The number of Topliss-reactive ketones (excluding diaryl/α,β-unsaturated/α-hetero) is 1. The highest BCUT2D eigenvalue weighted by atomic mass is 16.4. The maximum atomic E-state index is 13.0. The van der Waals surface area contributed by atoms with Crippen molar-refractivity contribution in [1.29, 1.82) is 0 Å². The summed E-state index contributed by atoms with van der Waals surface area (Å²) in [5.41, 5.74) is 1.30. The number of phenolic OH excluding ortho intramolecular Hbond substituents is 2. The van der Waals surface area contributed by atoms with E-state index < -0.39 is 5.63 Å². The Morgan fingerprint density at radius 3 is 2.44 bits per heavy atom. The average molecular weight is 372 g/mol. The number of carbonyl (C=O) groups is 1. The molecule has 0 bridgehead atoms. The highest BCUT2D eigenvalue weighted by Crippen LogP contribution is 2.42. The Morgan fingerprint density at radius 1 is 1.22 bits per heavy atom. The van der Waals surface area contributed by atoms with Gasteiger partial charge in [-0.15, -0.1) is 0 Å². The molecule has 1 aromatic heterocycles. The van der Waals surface area contributed by atoms with Gasteiger partial charge in [-0.2, -0.15) is 0 Å². The topological polar surface area (TPSA) is 87.7 Å². The van der Waals surface area contributed by atoms with E-state index in [4.69, 9.17) is 4.42 Å². The second-order valence-electron chi connectivity index (χ2n) is 7.25. The first kappa shape index (κ1) is 20.7. The predicted octanol–water partition coefficient (Wildman–Crippen LogP) is 4.89. The molecule has 5 nitrogen and oxygen atoms in total. The van der Waals surface area contributed by atoms with Crippen molar-refractivity contribution in [2.75, 3.05) is 0 Å². The van der Waals surface area contributed by atoms with E-state index in [1.807, 2.05) is 33.8 Å². The molecular weight excluding hydrogens is 344 g/mol. The lowest BCUT2D eigenvalue weighted by Crippen LogP contribution is -2.14. The van der Waals surface area contributed by atoms with Gasteiger partial charge in [-0.25, -0.2) is 4.79 Å². The molecule has 2 rings (SSSR count). The summed E-state index contributed by atoms with van der Waals surface area (Å²) in [4.78, 5) is 25.0. The minimum atomic E-state index is -0.597. The first-order chi connectivity index (χ1) is 12.7. The molecule has 0 aliphatic rings. The third-order valence-corrected chi connectivity index (χ3v) is 4.86. The van der Waals surface area contributed by atoms with Crippen LogP contribution in [0.1, 0.15) is 68.9 Å². The van der Waals surface area contributed by atoms with E-state index in [0.717, 1.165) is 12.0 Å². The lowest BCUT2D eigenvalue weighted by Gasteiger charge is -2.17. The van der Waals surface area contributed by atoms with E-state index in [0.29, 0.717) is 23.8 Å². The molecule has 0 radical (unpaired) electrons. The number of aryl methyl sites for hydroxylation is 1. The van der Waals surface area contributed by atoms with E-state index in [2.05, 4.69) is 0 Å². The molecule has 0 fully saturated rings. The molecule has 2 N–H and O–H groups in total. The van der Waals surface area contributed by atoms with Gasteiger partial charge in [-0.3, -0.25) is 4.79 Å². The third kappa shape index (κ3) is 4.07. The average Bonchev–Trinajstić information content (AvgIpc) is 2.60. The minimum absolute atomic E-state index is 0.00985. The standard InChI is InChI=1S/C22H28O5/c1-6-8-14-11-16(23)27-22-17(14)20(25)15(10-9-12(3)4)21(26)18(22)19(24)13(5)7-2/h9,11,13,25-26H,6-8,10H2,1-5H3/t13-/m0/s1. The first-order valence-electron chi connectivity index (χ1n) is 9.43. The first-order valence-corrected chi connectivity index (χ1v) is 9.43. The normalized spacial score (nSPS) is 12.2. The Morgan fingerprint density at radius 2 is 1.89 bits per heavy atom. The van der Waals surface area contributed by atoms with Crippen LogP contribution in [0.4, 0.5) is 0 Å². The third-order valence-electron chi connectivity index (χ3n) is 4.86. The van der Waals surface area contributed by atoms with Crippen molar-refractivity contribution < 1.29 is 19.4 Å². The number of benzene rings is 1. The second-order valence-corrected chi connectivity index (χ2v) is 7.25. The second kappa shape index (κ2) is 8.42. The van der Waals surface area contributed by atoms with E-state index in [-0.39, 0.29) is 46.3 Å². The van der Waals surface area contributed by atoms with Crippen LogP contribution in [0.25, 0.3) is 11.0 Å². The molecule has 0 aliphatic heterocycles. The summed E-state index contributed by atoms with van der Waals surface area (Å²) in [6.45, 7) is 9.45. The molecule has 0 saturated heterocycles. The number of hydrogen-bond acceptors (Lipinski definition) is 5. The number of carbonyl (C=O) groups excluding carboxylic acids is 1. The van der Waals surface area contributed by atoms with Gasteiger partial charge in [0.2, 0.25) is 0 Å². The Labute approximate surface area is 159 Å². The van der Waals surface area contributed by atoms with Crippen LogP contribution in [0, 0.1) is 5.92 Å². The van der Waals surface area contributed by atoms with Crippen molar-refractivity contribution in [2.24, 2.45) is 5.92 Å². The predicted molar refractivity (Wildman–Crippen MR) is 107 cm³/mol. The van der Waals surface area contributed by atoms with Crippen molar-refractivity contribution in [3.05, 3.63) is 44.8 Å². The van der Waals surface area contributed by atoms with E-state index in [9.17, 15) is 19.8 Å². The van der Waals surface area contributed by atoms with Gasteiger partial charge in [0.25, 0.3) is 0 Å². The van der Waals surface area contributed by atoms with Crippen LogP contribution in [0.2, 0.25) is 0 Å². The fourth-order valence-electron chi connectivity index (χ4n) is 3.12. The summed E-state index contributed by atoms with van der Waals surface area (Å²) in [5, 5.41) is 22.1. The van der Waals surface area contributed by atoms with Crippen molar-refractivity contribution in [2.45, 2.75) is 60.3 Å². The zero-order valence-corrected chi connectivity index (χ0v) is 16.7. The van der Waals surface area contributed by atoms with Crippen LogP contribution >= 0.6 is 0 Å². The van der Waals surface area contributed by atoms with Crippen molar-refractivity contribution in [3.63, 3.8) is 0 Å². The molecule has 0 amide bonds. The van der Waals surface area contributed by atoms with Gasteiger partial charge >= 0.3 is 5.63 Å². The summed E-state index contributed by atoms with van der Waals surface area (Å²) in [6, 6.07) is 1.35. The maximum Gasteiger partial charge on any atom is 0.336 e. The van der Waals surface area contributed by atoms with Gasteiger partial charge < -0.3 is 14.6 Å². The van der Waals surface area contributed by atoms with Crippen LogP contribution in [0.5, 0.6) is 11.5 Å². The number of phenols is 2. The lowest BCUT2D eigenvalue weighted by molar-refractivity contribution is 0.0925. The number of fused-ring (bicyclic) bond motifs is 1. The molecule has 0 unspecified atom stereocenters. The van der Waals surface area contributed by atoms with Crippen molar-refractivity contribution in [3.8, 4) is 11.5 Å². The lowest BCUT2D eigenvalue weighted by atomic mass is 9.89. The highest BCUT2D eigenvalue weighted by Gasteiger charge is 2.28. The zero-order chi connectivity index (χ0) is 20.3. The fourth-order valence-corrected chi connectivity index (χ4v) is 3.12. The van der Waals surface area contributed by atoms with Crippen LogP contribution in [-0.2, 0) is 12.8 Å². The minimum Gasteiger partial charge on any atom is -0.507 e. The largest absolute Gasteiger partial charge is 0.507 e. The molecule has 0 spiro atoms. The Kier molecular flexibility index (Phi) is 6.47. The van der Waals surface area contributed by atoms with Gasteiger partial charge in [0, 0.05) is 17.5 Å². The highest BCUT2D eigenvalue weighted by molar-refractivity contribution is 6.12. The summed E-state index contributed by atoms with van der Waals surface area (Å²) in [6.07, 6.45) is 4.05.